The van der Waals surface area contributed by atoms with Crippen LogP contribution in [-0.4, -0.2) is 52.4 Å². The van der Waals surface area contributed by atoms with E-state index in [4.69, 9.17) is 21.1 Å². The van der Waals surface area contributed by atoms with Gasteiger partial charge in [0.25, 0.3) is 0 Å². The Morgan fingerprint density at radius 1 is 1.26 bits per heavy atom. The zero-order chi connectivity index (χ0) is 14.1. The van der Waals surface area contributed by atoms with Gasteiger partial charge in [0.05, 0.1) is 11.6 Å². The second kappa shape index (κ2) is 9.15. The molecular weight excluding hydrogens is 264 g/mol. The topological polar surface area (TPSA) is 33.7 Å². The molecule has 0 amide bonds. The summed E-state index contributed by atoms with van der Waals surface area (Å²) in [5.41, 5.74) is 1.14. The molecule has 0 aliphatic heterocycles. The molecule has 1 rings (SSSR count). The van der Waals surface area contributed by atoms with Crippen LogP contribution < -0.4 is 10.1 Å². The number of halogens is 1. The van der Waals surface area contributed by atoms with E-state index < -0.39 is 0 Å². The van der Waals surface area contributed by atoms with Gasteiger partial charge in [-0.3, -0.25) is 0 Å². The Hall–Kier alpha value is -0.810. The summed E-state index contributed by atoms with van der Waals surface area (Å²) in [5, 5.41) is 3.93. The van der Waals surface area contributed by atoms with E-state index in [9.17, 15) is 0 Å². The monoisotopic (exact) mass is 286 g/mol. The Bertz CT molecular complexity index is 372. The second-order valence-corrected chi connectivity index (χ2v) is 4.99. The van der Waals surface area contributed by atoms with Crippen LogP contribution in [0.1, 0.15) is 5.56 Å². The van der Waals surface area contributed by atoms with E-state index >= 15 is 0 Å². The molecule has 108 valence electrons. The van der Waals surface area contributed by atoms with Gasteiger partial charge in [-0.1, -0.05) is 17.7 Å². The molecule has 0 radical (unpaired) electrons. The summed E-state index contributed by atoms with van der Waals surface area (Å²) in [7, 11) is 5.72. The van der Waals surface area contributed by atoms with Gasteiger partial charge in [0.15, 0.2) is 0 Å². The molecule has 0 saturated carbocycles. The van der Waals surface area contributed by atoms with E-state index in [1.807, 2.05) is 32.3 Å². The summed E-state index contributed by atoms with van der Waals surface area (Å²) < 4.78 is 10.6. The minimum atomic E-state index is 0.637. The fourth-order valence-electron chi connectivity index (χ4n) is 1.52. The van der Waals surface area contributed by atoms with E-state index in [1.54, 1.807) is 7.11 Å². The van der Waals surface area contributed by atoms with E-state index in [1.165, 1.54) is 0 Å². The van der Waals surface area contributed by atoms with Crippen molar-refractivity contribution in [3.05, 3.63) is 28.8 Å². The van der Waals surface area contributed by atoms with Crippen molar-refractivity contribution in [2.24, 2.45) is 0 Å². The van der Waals surface area contributed by atoms with Crippen molar-refractivity contribution >= 4 is 11.6 Å². The molecule has 0 unspecified atom stereocenters. The SMILES string of the molecule is COCCNCc1ccc(OCCN(C)C)c(Cl)c1. The molecule has 0 spiro atoms. The summed E-state index contributed by atoms with van der Waals surface area (Å²) in [6.07, 6.45) is 0. The van der Waals surface area contributed by atoms with Crippen LogP contribution in [-0.2, 0) is 11.3 Å². The maximum Gasteiger partial charge on any atom is 0.137 e. The Labute approximate surface area is 120 Å². The fraction of sp³-hybridized carbons (Fsp3) is 0.571. The predicted octanol–water partition coefficient (Wildman–Crippen LogP) is 2.02. The number of benzene rings is 1. The van der Waals surface area contributed by atoms with Crippen molar-refractivity contribution < 1.29 is 9.47 Å². The van der Waals surface area contributed by atoms with Gasteiger partial charge in [0.2, 0.25) is 0 Å². The van der Waals surface area contributed by atoms with E-state index in [0.717, 1.165) is 30.9 Å². The molecule has 0 atom stereocenters. The third-order valence-corrected chi connectivity index (χ3v) is 2.90. The second-order valence-electron chi connectivity index (χ2n) is 4.59. The zero-order valence-corrected chi connectivity index (χ0v) is 12.7. The molecule has 4 nitrogen and oxygen atoms in total. The van der Waals surface area contributed by atoms with Crippen LogP contribution in [0.2, 0.25) is 5.02 Å². The lowest BCUT2D eigenvalue weighted by Gasteiger charge is -2.13. The van der Waals surface area contributed by atoms with E-state index in [2.05, 4.69) is 10.2 Å². The van der Waals surface area contributed by atoms with Crippen molar-refractivity contribution in [1.29, 1.82) is 0 Å². The van der Waals surface area contributed by atoms with Crippen LogP contribution in [0.5, 0.6) is 5.75 Å². The Balaban J connectivity index is 2.40. The van der Waals surface area contributed by atoms with Crippen molar-refractivity contribution in [3.8, 4) is 5.75 Å². The van der Waals surface area contributed by atoms with Crippen molar-refractivity contribution in [2.75, 3.05) is 47.5 Å². The first kappa shape index (κ1) is 16.2. The molecule has 1 aromatic rings. The van der Waals surface area contributed by atoms with Gasteiger partial charge in [-0.2, -0.15) is 0 Å². The summed E-state index contributed by atoms with van der Waals surface area (Å²) in [5.74, 6) is 0.740. The normalized spacial score (nSPS) is 11.0. The number of rotatable bonds is 9. The first-order valence-corrected chi connectivity index (χ1v) is 6.77. The van der Waals surface area contributed by atoms with Gasteiger partial charge in [-0.05, 0) is 31.8 Å². The van der Waals surface area contributed by atoms with Crippen LogP contribution in [0.15, 0.2) is 18.2 Å². The quantitative estimate of drug-likeness (QED) is 0.704. The summed E-state index contributed by atoms with van der Waals surface area (Å²) in [6, 6.07) is 5.88. The Morgan fingerprint density at radius 3 is 2.68 bits per heavy atom. The molecule has 0 fully saturated rings. The highest BCUT2D eigenvalue weighted by atomic mass is 35.5. The van der Waals surface area contributed by atoms with Gasteiger partial charge >= 0.3 is 0 Å². The number of hydrogen-bond acceptors (Lipinski definition) is 4. The van der Waals surface area contributed by atoms with E-state index in [0.29, 0.717) is 18.2 Å². The standard InChI is InChI=1S/C14H23ClN2O2/c1-17(2)7-9-19-14-5-4-12(10-13(14)15)11-16-6-8-18-3/h4-5,10,16H,6-9,11H2,1-3H3. The number of nitrogens with one attached hydrogen (secondary N) is 1. The van der Waals surface area contributed by atoms with Gasteiger partial charge < -0.3 is 19.7 Å². The number of nitrogens with zero attached hydrogens (tertiary/aromatic N) is 1. The van der Waals surface area contributed by atoms with Crippen LogP contribution in [0.3, 0.4) is 0 Å². The minimum absolute atomic E-state index is 0.637. The molecule has 0 heterocycles. The van der Waals surface area contributed by atoms with Crippen LogP contribution in [0.4, 0.5) is 0 Å². The lowest BCUT2D eigenvalue weighted by Crippen LogP contribution is -2.19. The number of hydrogen-bond donors (Lipinski definition) is 1. The van der Waals surface area contributed by atoms with Gasteiger partial charge in [0, 0.05) is 26.7 Å². The number of methoxy groups -OCH3 is 1. The lowest BCUT2D eigenvalue weighted by atomic mass is 10.2. The van der Waals surface area contributed by atoms with Crippen LogP contribution >= 0.6 is 11.6 Å². The average Bonchev–Trinajstić information content (AvgIpc) is 2.37. The molecule has 0 bridgehead atoms. The minimum Gasteiger partial charge on any atom is -0.491 e. The highest BCUT2D eigenvalue weighted by molar-refractivity contribution is 6.32. The lowest BCUT2D eigenvalue weighted by molar-refractivity contribution is 0.199. The number of ether oxygens (including phenoxy) is 2. The van der Waals surface area contributed by atoms with Gasteiger partial charge in [0.1, 0.15) is 12.4 Å². The fourth-order valence-corrected chi connectivity index (χ4v) is 1.77. The molecular formula is C14H23ClN2O2. The maximum atomic E-state index is 6.19. The van der Waals surface area contributed by atoms with Gasteiger partial charge in [-0.25, -0.2) is 0 Å². The molecule has 0 aromatic heterocycles. The first-order valence-electron chi connectivity index (χ1n) is 6.39. The summed E-state index contributed by atoms with van der Waals surface area (Å²) in [6.45, 7) is 3.82. The third-order valence-electron chi connectivity index (χ3n) is 2.60. The summed E-state index contributed by atoms with van der Waals surface area (Å²) >= 11 is 6.19. The molecule has 0 aliphatic carbocycles. The van der Waals surface area contributed by atoms with Crippen LogP contribution in [0.25, 0.3) is 0 Å². The molecule has 5 heteroatoms. The predicted molar refractivity (Wildman–Crippen MR) is 79.1 cm³/mol. The zero-order valence-electron chi connectivity index (χ0n) is 11.9. The first-order chi connectivity index (χ1) is 9.13. The Kier molecular flexibility index (Phi) is 7.82. The summed E-state index contributed by atoms with van der Waals surface area (Å²) in [4.78, 5) is 2.07. The highest BCUT2D eigenvalue weighted by Crippen LogP contribution is 2.25. The van der Waals surface area contributed by atoms with Gasteiger partial charge in [-0.15, -0.1) is 0 Å². The molecule has 1 aromatic carbocycles. The molecule has 0 aliphatic rings. The third kappa shape index (κ3) is 6.78. The smallest absolute Gasteiger partial charge is 0.137 e. The van der Waals surface area contributed by atoms with E-state index in [-0.39, 0.29) is 0 Å². The van der Waals surface area contributed by atoms with Crippen molar-refractivity contribution in [3.63, 3.8) is 0 Å². The van der Waals surface area contributed by atoms with Crippen molar-refractivity contribution in [1.82, 2.24) is 10.2 Å². The molecule has 0 saturated heterocycles. The highest BCUT2D eigenvalue weighted by Gasteiger charge is 2.03. The average molecular weight is 287 g/mol. The largest absolute Gasteiger partial charge is 0.491 e. The van der Waals surface area contributed by atoms with Crippen molar-refractivity contribution in [2.45, 2.75) is 6.54 Å². The molecule has 19 heavy (non-hydrogen) atoms. The number of likely N-dealkylation sites (N-methyl/N-ethyl adjacent to an activating group) is 1. The molecule has 1 N–H and O–H groups in total. The Morgan fingerprint density at radius 2 is 2.05 bits per heavy atom. The maximum absolute atomic E-state index is 6.19. The van der Waals surface area contributed by atoms with Crippen LogP contribution in [0, 0.1) is 0 Å².